The third-order valence-corrected chi connectivity index (χ3v) is 7.12. The Kier molecular flexibility index (Phi) is 11.4. The lowest BCUT2D eigenvalue weighted by molar-refractivity contribution is -0.149. The van der Waals surface area contributed by atoms with Crippen molar-refractivity contribution >= 4 is 41.2 Å². The molecule has 4 atom stereocenters. The molecular weight excluding hydrogens is 585 g/mol. The Morgan fingerprint density at radius 3 is 2.50 bits per heavy atom. The Morgan fingerprint density at radius 2 is 1.94 bits per heavy atom. The Labute approximate surface area is 220 Å². The van der Waals surface area contributed by atoms with E-state index in [-0.39, 0.29) is 17.7 Å². The highest BCUT2D eigenvalue weighted by atomic mass is 79.9. The molecule has 1 heterocycles. The van der Waals surface area contributed by atoms with Crippen LogP contribution in [0.4, 0.5) is 0 Å². The standard InChI is InChI=1S/C21H28BrClN3O9P/c1-4-32-19(29)21(2,3)25-36(31,35-14-8-6-5-7-9-14)33-13-15(18(23)28)34-17(12-22)26-11-10-16(27)24-20(26)30/h5-11,15,17-18,28H,4,12-13H2,1-3H3,(H,25,31)(H,24,27,30)/t15-,17-,18-,36-/m1/s1. The lowest BCUT2D eigenvalue weighted by atomic mass is 10.1. The molecular formula is C21H28BrClN3O9P. The fourth-order valence-electron chi connectivity index (χ4n) is 2.79. The smallest absolute Gasteiger partial charge is 0.459 e. The maximum absolute atomic E-state index is 13.7. The van der Waals surface area contributed by atoms with E-state index in [4.69, 9.17) is 30.1 Å². The fraction of sp³-hybridized carbons (Fsp3) is 0.476. The van der Waals surface area contributed by atoms with Crippen molar-refractivity contribution in [1.82, 2.24) is 14.6 Å². The molecule has 2 rings (SSSR count). The van der Waals surface area contributed by atoms with Gasteiger partial charge in [0.15, 0.2) is 5.56 Å². The third kappa shape index (κ3) is 8.84. The first kappa shape index (κ1) is 30.2. The van der Waals surface area contributed by atoms with Crippen LogP contribution in [0, 0.1) is 0 Å². The van der Waals surface area contributed by atoms with Crippen molar-refractivity contribution in [2.24, 2.45) is 0 Å². The normalized spacial score (nSPS) is 15.9. The summed E-state index contributed by atoms with van der Waals surface area (Å²) in [6.07, 6.45) is -1.15. The molecule has 36 heavy (non-hydrogen) atoms. The van der Waals surface area contributed by atoms with Gasteiger partial charge in [0, 0.05) is 17.6 Å². The van der Waals surface area contributed by atoms with Crippen LogP contribution in [-0.4, -0.2) is 56.4 Å². The fourth-order valence-corrected chi connectivity index (χ4v) is 5.07. The number of aliphatic hydroxyl groups excluding tert-OH is 1. The topological polar surface area (TPSA) is 158 Å². The van der Waals surface area contributed by atoms with Gasteiger partial charge in [0.2, 0.25) is 0 Å². The first-order valence-corrected chi connectivity index (χ1v) is 13.8. The number of aromatic nitrogens is 2. The van der Waals surface area contributed by atoms with E-state index in [0.717, 1.165) is 10.6 Å². The highest BCUT2D eigenvalue weighted by Crippen LogP contribution is 2.46. The van der Waals surface area contributed by atoms with E-state index in [1.165, 1.54) is 32.2 Å². The Bertz CT molecular complexity index is 1160. The number of rotatable bonds is 14. The van der Waals surface area contributed by atoms with Gasteiger partial charge in [-0.3, -0.25) is 23.7 Å². The second-order valence-electron chi connectivity index (χ2n) is 7.83. The number of H-pyrrole nitrogens is 1. The van der Waals surface area contributed by atoms with Gasteiger partial charge < -0.3 is 19.1 Å². The van der Waals surface area contributed by atoms with Crippen LogP contribution >= 0.6 is 35.3 Å². The molecule has 0 aliphatic heterocycles. The van der Waals surface area contributed by atoms with E-state index in [1.807, 2.05) is 0 Å². The van der Waals surface area contributed by atoms with Crippen molar-refractivity contribution in [1.29, 1.82) is 0 Å². The van der Waals surface area contributed by atoms with Crippen LogP contribution < -0.4 is 20.9 Å². The molecule has 12 nitrogen and oxygen atoms in total. The number of alkyl halides is 2. The Balaban J connectivity index is 2.27. The molecule has 0 unspecified atom stereocenters. The lowest BCUT2D eigenvalue weighted by Gasteiger charge is -2.31. The first-order chi connectivity index (χ1) is 16.9. The molecule has 2 aromatic rings. The number of halogens is 2. The van der Waals surface area contributed by atoms with Crippen LogP contribution in [0.2, 0.25) is 0 Å². The number of para-hydroxylation sites is 1. The molecule has 0 bridgehead atoms. The first-order valence-electron chi connectivity index (χ1n) is 10.7. The molecule has 15 heteroatoms. The summed E-state index contributed by atoms with van der Waals surface area (Å²) in [5.41, 5.74) is -4.51. The zero-order valence-corrected chi connectivity index (χ0v) is 23.0. The van der Waals surface area contributed by atoms with Crippen LogP contribution in [-0.2, 0) is 23.4 Å². The zero-order chi connectivity index (χ0) is 26.9. The minimum atomic E-state index is -4.30. The highest BCUT2D eigenvalue weighted by Gasteiger charge is 2.41. The zero-order valence-electron chi connectivity index (χ0n) is 19.8. The Morgan fingerprint density at radius 1 is 1.28 bits per heavy atom. The monoisotopic (exact) mass is 611 g/mol. The van der Waals surface area contributed by atoms with E-state index in [9.17, 15) is 24.1 Å². The predicted molar refractivity (Wildman–Crippen MR) is 135 cm³/mol. The average Bonchev–Trinajstić information content (AvgIpc) is 2.80. The molecule has 0 saturated carbocycles. The minimum Gasteiger partial charge on any atom is -0.465 e. The summed E-state index contributed by atoms with van der Waals surface area (Å²) >= 11 is 9.08. The summed E-state index contributed by atoms with van der Waals surface area (Å²) in [6.45, 7) is 4.01. The number of nitrogens with zero attached hydrogens (tertiary/aromatic N) is 1. The number of aromatic amines is 1. The summed E-state index contributed by atoms with van der Waals surface area (Å²) < 4.78 is 36.6. The summed E-state index contributed by atoms with van der Waals surface area (Å²) in [4.78, 5) is 38.0. The van der Waals surface area contributed by atoms with E-state index in [0.29, 0.717) is 0 Å². The third-order valence-electron chi connectivity index (χ3n) is 4.51. The van der Waals surface area contributed by atoms with Gasteiger partial charge in [0.1, 0.15) is 23.6 Å². The van der Waals surface area contributed by atoms with Gasteiger partial charge in [0.25, 0.3) is 5.56 Å². The number of benzene rings is 1. The number of hydrogen-bond donors (Lipinski definition) is 3. The number of hydrogen-bond acceptors (Lipinski definition) is 9. The molecule has 1 aromatic heterocycles. The maximum atomic E-state index is 13.7. The van der Waals surface area contributed by atoms with Crippen molar-refractivity contribution in [3.63, 3.8) is 0 Å². The molecule has 1 aromatic carbocycles. The van der Waals surface area contributed by atoms with Gasteiger partial charge in [-0.05, 0) is 32.9 Å². The Hall–Kier alpha value is -1.99. The number of carbonyl (C=O) groups excluding carboxylic acids is 1. The molecule has 3 N–H and O–H groups in total. The van der Waals surface area contributed by atoms with E-state index < -0.39 is 55.0 Å². The number of ether oxygens (including phenoxy) is 2. The number of carbonyl (C=O) groups is 1. The molecule has 0 aliphatic rings. The SMILES string of the molecule is CCOC(=O)C(C)(C)N[P@@](=O)(OC[C@@H](O[C@H](CBr)n1ccc(=O)[nH]c1=O)[C@@H](O)Cl)Oc1ccccc1. The molecule has 0 radical (unpaired) electrons. The van der Waals surface area contributed by atoms with Gasteiger partial charge in [-0.15, -0.1) is 0 Å². The van der Waals surface area contributed by atoms with E-state index in [2.05, 4.69) is 26.0 Å². The van der Waals surface area contributed by atoms with Crippen LogP contribution in [0.25, 0.3) is 0 Å². The molecule has 0 spiro atoms. The molecule has 0 fully saturated rings. The summed E-state index contributed by atoms with van der Waals surface area (Å²) in [5, 5.41) is 12.7. The molecule has 0 amide bonds. The van der Waals surface area contributed by atoms with E-state index >= 15 is 0 Å². The van der Waals surface area contributed by atoms with Crippen molar-refractivity contribution in [2.75, 3.05) is 18.5 Å². The summed E-state index contributed by atoms with van der Waals surface area (Å²) in [7, 11) is -4.30. The van der Waals surface area contributed by atoms with Gasteiger partial charge in [-0.2, -0.15) is 5.09 Å². The van der Waals surface area contributed by atoms with Gasteiger partial charge in [0.05, 0.1) is 13.2 Å². The van der Waals surface area contributed by atoms with Crippen molar-refractivity contribution in [3.8, 4) is 5.75 Å². The van der Waals surface area contributed by atoms with Crippen molar-refractivity contribution in [2.45, 2.75) is 44.2 Å². The van der Waals surface area contributed by atoms with Crippen molar-refractivity contribution < 1.29 is 33.0 Å². The largest absolute Gasteiger partial charge is 0.465 e. The number of aliphatic hydroxyl groups is 1. The van der Waals surface area contributed by atoms with E-state index in [1.54, 1.807) is 25.1 Å². The van der Waals surface area contributed by atoms with Crippen LogP contribution in [0.15, 0.2) is 52.2 Å². The second kappa shape index (κ2) is 13.5. The van der Waals surface area contributed by atoms with Crippen molar-refractivity contribution in [3.05, 3.63) is 63.4 Å². The second-order valence-corrected chi connectivity index (χ2v) is 10.6. The number of nitrogens with one attached hydrogen (secondary N) is 2. The summed E-state index contributed by atoms with van der Waals surface area (Å²) in [6, 6.07) is 9.19. The average molecular weight is 613 g/mol. The minimum absolute atomic E-state index is 0.0609. The van der Waals surface area contributed by atoms with Crippen LogP contribution in [0.3, 0.4) is 0 Å². The quantitative estimate of drug-likeness (QED) is 0.164. The van der Waals surface area contributed by atoms with Crippen LogP contribution in [0.5, 0.6) is 5.75 Å². The van der Waals surface area contributed by atoms with Crippen LogP contribution in [0.1, 0.15) is 27.0 Å². The highest BCUT2D eigenvalue weighted by molar-refractivity contribution is 9.09. The number of esters is 1. The molecule has 200 valence electrons. The molecule has 0 saturated heterocycles. The predicted octanol–water partition coefficient (Wildman–Crippen LogP) is 2.51. The summed E-state index contributed by atoms with van der Waals surface area (Å²) in [5.74, 6) is -0.525. The lowest BCUT2D eigenvalue weighted by Crippen LogP contribution is -2.47. The molecule has 0 aliphatic carbocycles. The van der Waals surface area contributed by atoms with Gasteiger partial charge in [-0.1, -0.05) is 45.7 Å². The van der Waals surface area contributed by atoms with Gasteiger partial charge in [-0.25, -0.2) is 9.36 Å². The van der Waals surface area contributed by atoms with Gasteiger partial charge >= 0.3 is 19.4 Å². The maximum Gasteiger partial charge on any atom is 0.459 e.